The Hall–Kier alpha value is -2.37. The number of aromatic carboxylic acids is 1. The molecule has 0 aromatic heterocycles. The molecule has 6 heteroatoms. The maximum Gasteiger partial charge on any atom is 0.335 e. The van der Waals surface area contributed by atoms with Gasteiger partial charge in [0.25, 0.3) is 0 Å². The van der Waals surface area contributed by atoms with Crippen LogP contribution in [0.25, 0.3) is 0 Å². The minimum absolute atomic E-state index is 0.0719. The Balaban J connectivity index is 1.79. The van der Waals surface area contributed by atoms with E-state index in [-0.39, 0.29) is 30.2 Å². The fraction of sp³-hybridized carbons (Fsp3) is 0.300. The molecule has 1 N–H and O–H groups in total. The van der Waals surface area contributed by atoms with Gasteiger partial charge in [0.2, 0.25) is 5.91 Å². The molecule has 26 heavy (non-hydrogen) atoms. The maximum atomic E-state index is 12.2. The summed E-state index contributed by atoms with van der Waals surface area (Å²) in [4.78, 5) is 25.0. The number of piperidine rings is 1. The minimum atomic E-state index is -0.966. The first kappa shape index (κ1) is 18.4. The molecule has 1 amide bonds. The van der Waals surface area contributed by atoms with E-state index in [2.05, 4.69) is 0 Å². The highest BCUT2D eigenvalue weighted by Crippen LogP contribution is 2.34. The van der Waals surface area contributed by atoms with Crippen molar-refractivity contribution in [1.29, 1.82) is 0 Å². The number of carbonyl (C=O) groups excluding carboxylic acids is 1. The summed E-state index contributed by atoms with van der Waals surface area (Å²) < 4.78 is 6.10. The zero-order valence-corrected chi connectivity index (χ0v) is 15.1. The van der Waals surface area contributed by atoms with Crippen molar-refractivity contribution in [3.8, 4) is 0 Å². The third-order valence-corrected chi connectivity index (χ3v) is 4.87. The van der Waals surface area contributed by atoms with Crippen molar-refractivity contribution < 1.29 is 19.4 Å². The highest BCUT2D eigenvalue weighted by Gasteiger charge is 2.35. The van der Waals surface area contributed by atoms with Crippen LogP contribution in [0.4, 0.5) is 0 Å². The van der Waals surface area contributed by atoms with E-state index in [0.717, 1.165) is 11.1 Å². The Morgan fingerprint density at radius 2 is 2.04 bits per heavy atom. The number of carbonyl (C=O) groups is 2. The molecule has 2 aromatic carbocycles. The Kier molecular flexibility index (Phi) is 5.59. The van der Waals surface area contributed by atoms with Crippen LogP contribution in [0.3, 0.4) is 0 Å². The second-order valence-electron chi connectivity index (χ2n) is 6.40. The average Bonchev–Trinajstić information content (AvgIpc) is 2.63. The van der Waals surface area contributed by atoms with Gasteiger partial charge in [-0.2, -0.15) is 0 Å². The van der Waals surface area contributed by atoms with Gasteiger partial charge in [0, 0.05) is 18.5 Å². The van der Waals surface area contributed by atoms with Crippen molar-refractivity contribution in [3.05, 3.63) is 70.2 Å². The maximum absolute atomic E-state index is 12.2. The highest BCUT2D eigenvalue weighted by molar-refractivity contribution is 6.30. The molecule has 1 heterocycles. The molecule has 0 unspecified atom stereocenters. The molecular weight excluding hydrogens is 354 g/mol. The summed E-state index contributed by atoms with van der Waals surface area (Å²) >= 11 is 6.12. The van der Waals surface area contributed by atoms with E-state index in [0.29, 0.717) is 17.9 Å². The summed E-state index contributed by atoms with van der Waals surface area (Å²) in [5, 5.41) is 9.72. The minimum Gasteiger partial charge on any atom is -0.478 e. The molecule has 1 aliphatic heterocycles. The van der Waals surface area contributed by atoms with E-state index >= 15 is 0 Å². The van der Waals surface area contributed by atoms with Crippen LogP contribution in [0.15, 0.2) is 48.5 Å². The van der Waals surface area contributed by atoms with Crippen molar-refractivity contribution >= 4 is 23.5 Å². The molecule has 136 valence electrons. The predicted octanol–water partition coefficient (Wildman–Crippen LogP) is 3.92. The Morgan fingerprint density at radius 1 is 1.27 bits per heavy atom. The van der Waals surface area contributed by atoms with Gasteiger partial charge in [-0.3, -0.25) is 4.79 Å². The van der Waals surface area contributed by atoms with E-state index in [1.807, 2.05) is 24.3 Å². The molecule has 0 bridgehead atoms. The van der Waals surface area contributed by atoms with Crippen molar-refractivity contribution in [2.75, 3.05) is 7.05 Å². The molecule has 1 fully saturated rings. The number of carboxylic acid groups (broad SMARTS) is 1. The number of carboxylic acids is 1. The first-order valence-corrected chi connectivity index (χ1v) is 8.78. The third-order valence-electron chi connectivity index (χ3n) is 4.63. The van der Waals surface area contributed by atoms with Crippen LogP contribution < -0.4 is 0 Å². The van der Waals surface area contributed by atoms with Gasteiger partial charge in [0.05, 0.1) is 24.3 Å². The van der Waals surface area contributed by atoms with Crippen LogP contribution in [0.1, 0.15) is 40.4 Å². The summed E-state index contributed by atoms with van der Waals surface area (Å²) in [6.07, 6.45) is 0.844. The lowest BCUT2D eigenvalue weighted by Gasteiger charge is -2.39. The number of ether oxygens (including phenoxy) is 1. The topological polar surface area (TPSA) is 66.8 Å². The molecule has 5 nitrogen and oxygen atoms in total. The standard InChI is InChI=1S/C20H20ClNO4/c1-22-18(23)9-8-17(19(22)14-5-3-7-16(21)11-14)26-12-13-4-2-6-15(10-13)20(24)25/h2-7,10-11,17,19H,8-9,12H2,1H3,(H,24,25)/t17-,19+/m0/s1. The third kappa shape index (κ3) is 4.06. The number of likely N-dealkylation sites (tertiary alicyclic amines) is 1. The summed E-state index contributed by atoms with van der Waals surface area (Å²) in [5.41, 5.74) is 1.94. The number of nitrogens with zero attached hydrogens (tertiary/aromatic N) is 1. The van der Waals surface area contributed by atoms with Crippen LogP contribution >= 0.6 is 11.6 Å². The lowest BCUT2D eigenvalue weighted by atomic mass is 9.92. The van der Waals surface area contributed by atoms with Gasteiger partial charge in [-0.15, -0.1) is 0 Å². The van der Waals surface area contributed by atoms with Gasteiger partial charge in [-0.1, -0.05) is 35.9 Å². The van der Waals surface area contributed by atoms with Crippen molar-refractivity contribution in [2.45, 2.75) is 31.6 Å². The second-order valence-corrected chi connectivity index (χ2v) is 6.83. The van der Waals surface area contributed by atoms with Crippen LogP contribution in [-0.4, -0.2) is 35.0 Å². The average molecular weight is 374 g/mol. The number of halogens is 1. The molecule has 0 aliphatic carbocycles. The SMILES string of the molecule is CN1C(=O)CC[C@H](OCc2cccc(C(=O)O)c2)[C@H]1c1cccc(Cl)c1. The van der Waals surface area contributed by atoms with Crippen LogP contribution in [0, 0.1) is 0 Å². The molecule has 2 aromatic rings. The summed E-state index contributed by atoms with van der Waals surface area (Å²) in [5.74, 6) is -0.894. The lowest BCUT2D eigenvalue weighted by Crippen LogP contribution is -2.44. The second kappa shape index (κ2) is 7.89. The van der Waals surface area contributed by atoms with Gasteiger partial charge in [0.15, 0.2) is 0 Å². The molecule has 1 saturated heterocycles. The lowest BCUT2D eigenvalue weighted by molar-refractivity contribution is -0.143. The number of hydrogen-bond acceptors (Lipinski definition) is 3. The molecular formula is C20H20ClNO4. The molecule has 2 atom stereocenters. The van der Waals surface area contributed by atoms with Crippen molar-refractivity contribution in [3.63, 3.8) is 0 Å². The number of rotatable bonds is 5. The highest BCUT2D eigenvalue weighted by atomic mass is 35.5. The van der Waals surface area contributed by atoms with Crippen LogP contribution in [0.5, 0.6) is 0 Å². The predicted molar refractivity (Wildman–Crippen MR) is 98.2 cm³/mol. The van der Waals surface area contributed by atoms with Crippen LogP contribution in [-0.2, 0) is 16.1 Å². The Labute approximate surface area is 157 Å². The number of hydrogen-bond donors (Lipinski definition) is 1. The van der Waals surface area contributed by atoms with E-state index < -0.39 is 5.97 Å². The largest absolute Gasteiger partial charge is 0.478 e. The molecule has 0 saturated carbocycles. The van der Waals surface area contributed by atoms with Gasteiger partial charge < -0.3 is 14.7 Å². The van der Waals surface area contributed by atoms with Gasteiger partial charge in [-0.05, 0) is 41.8 Å². The van der Waals surface area contributed by atoms with E-state index in [1.54, 1.807) is 36.2 Å². The van der Waals surface area contributed by atoms with Gasteiger partial charge in [0.1, 0.15) is 0 Å². The summed E-state index contributed by atoms with van der Waals surface area (Å²) in [6.45, 7) is 0.283. The normalized spacial score (nSPS) is 20.2. The van der Waals surface area contributed by atoms with Gasteiger partial charge in [-0.25, -0.2) is 4.79 Å². The number of amides is 1. The van der Waals surface area contributed by atoms with E-state index in [4.69, 9.17) is 21.4 Å². The summed E-state index contributed by atoms with van der Waals surface area (Å²) in [7, 11) is 1.77. The first-order chi connectivity index (χ1) is 12.5. The van der Waals surface area contributed by atoms with Crippen molar-refractivity contribution in [2.24, 2.45) is 0 Å². The smallest absolute Gasteiger partial charge is 0.335 e. The zero-order valence-electron chi connectivity index (χ0n) is 14.4. The quantitative estimate of drug-likeness (QED) is 0.862. The molecule has 0 radical (unpaired) electrons. The van der Waals surface area contributed by atoms with E-state index in [1.165, 1.54) is 0 Å². The molecule has 0 spiro atoms. The molecule has 3 rings (SSSR count). The first-order valence-electron chi connectivity index (χ1n) is 8.40. The molecule has 1 aliphatic rings. The van der Waals surface area contributed by atoms with Gasteiger partial charge >= 0.3 is 5.97 Å². The van der Waals surface area contributed by atoms with E-state index in [9.17, 15) is 9.59 Å². The zero-order chi connectivity index (χ0) is 18.7. The monoisotopic (exact) mass is 373 g/mol. The number of likely N-dealkylation sites (N-methyl/N-ethyl adjacent to an activating group) is 1. The number of benzene rings is 2. The van der Waals surface area contributed by atoms with Crippen molar-refractivity contribution in [1.82, 2.24) is 4.90 Å². The Morgan fingerprint density at radius 3 is 2.77 bits per heavy atom. The fourth-order valence-electron chi connectivity index (χ4n) is 3.31. The Bertz CT molecular complexity index is 823. The van der Waals surface area contributed by atoms with Crippen LogP contribution in [0.2, 0.25) is 5.02 Å². The fourth-order valence-corrected chi connectivity index (χ4v) is 3.50. The summed E-state index contributed by atoms with van der Waals surface area (Å²) in [6, 6.07) is 13.9.